The van der Waals surface area contributed by atoms with Crippen molar-refractivity contribution in [2.45, 2.75) is 6.92 Å². The van der Waals surface area contributed by atoms with Gasteiger partial charge in [0.25, 0.3) is 0 Å². The van der Waals surface area contributed by atoms with Gasteiger partial charge in [-0.05, 0) is 18.4 Å². The van der Waals surface area contributed by atoms with Crippen LogP contribution in [0, 0.1) is 6.92 Å². The van der Waals surface area contributed by atoms with Crippen molar-refractivity contribution in [1.29, 1.82) is 0 Å². The summed E-state index contributed by atoms with van der Waals surface area (Å²) in [5, 5.41) is 12.2. The summed E-state index contributed by atoms with van der Waals surface area (Å²) < 4.78 is 0. The maximum atomic E-state index is 11.3. The fourth-order valence-corrected chi connectivity index (χ4v) is 1.22. The first-order valence-electron chi connectivity index (χ1n) is 3.81. The molecule has 60 valence electrons. The molecule has 0 spiro atoms. The Morgan fingerprint density at radius 1 is 1.15 bits per heavy atom. The van der Waals surface area contributed by atoms with E-state index in [1.54, 1.807) is 6.07 Å². The predicted molar refractivity (Wildman–Crippen MR) is 45.9 cm³/mol. The molecule has 1 heterocycles. The van der Waals surface area contributed by atoms with E-state index in [0.717, 1.165) is 11.1 Å². The van der Waals surface area contributed by atoms with E-state index in [0.29, 0.717) is 5.52 Å². The van der Waals surface area contributed by atoms with Crippen molar-refractivity contribution in [3.05, 3.63) is 36.0 Å². The average molecular weight is 197 g/mol. The number of aryl methyl sites for hydroxylation is 1. The van der Waals surface area contributed by atoms with Gasteiger partial charge in [-0.15, -0.1) is 0 Å². The number of rotatable bonds is 0. The van der Waals surface area contributed by atoms with Gasteiger partial charge in [-0.2, -0.15) is 0 Å². The molecule has 0 aliphatic heterocycles. The van der Waals surface area contributed by atoms with Crippen LogP contribution in [0.5, 0.6) is 5.75 Å². The predicted octanol–water partition coefficient (Wildman–Crippen LogP) is -1.38. The second-order valence-corrected chi connectivity index (χ2v) is 2.78. The molecule has 1 aromatic carbocycles. The third-order valence-corrected chi connectivity index (χ3v) is 1.82. The number of hydrogen-bond acceptors (Lipinski definition) is 2. The van der Waals surface area contributed by atoms with Crippen LogP contribution in [0.4, 0.5) is 0 Å². The van der Waals surface area contributed by atoms with Crippen LogP contribution in [-0.4, -0.2) is 4.98 Å². The molecule has 2 aromatic rings. The van der Waals surface area contributed by atoms with Gasteiger partial charge >= 0.3 is 51.4 Å². The fourth-order valence-electron chi connectivity index (χ4n) is 1.22. The van der Waals surface area contributed by atoms with E-state index >= 15 is 0 Å². The second kappa shape index (κ2) is 4.53. The molecule has 2 rings (SSSR count). The molecule has 0 aliphatic rings. The fraction of sp³-hybridized carbons (Fsp3) is 0.100. The minimum atomic E-state index is -0.00352. The Balaban J connectivity index is 0.000000845. The Bertz CT molecular complexity index is 428. The van der Waals surface area contributed by atoms with Crippen LogP contribution in [0.25, 0.3) is 10.9 Å². The van der Waals surface area contributed by atoms with Gasteiger partial charge in [-0.3, -0.25) is 4.98 Å². The molecule has 0 saturated carbocycles. The van der Waals surface area contributed by atoms with E-state index in [1.165, 1.54) is 6.07 Å². The molecule has 0 bridgehead atoms. The van der Waals surface area contributed by atoms with Crippen LogP contribution in [0.1, 0.15) is 5.69 Å². The molecule has 0 N–H and O–H groups in total. The quantitative estimate of drug-likeness (QED) is 0.488. The second-order valence-electron chi connectivity index (χ2n) is 2.78. The van der Waals surface area contributed by atoms with Crippen LogP contribution in [0.15, 0.2) is 30.3 Å². The number of nitrogens with zero attached hydrogens (tertiary/aromatic N) is 1. The largest absolute Gasteiger partial charge is 1.00 e. The van der Waals surface area contributed by atoms with E-state index < -0.39 is 0 Å². The molecular formula is C10H8KNO. The van der Waals surface area contributed by atoms with Gasteiger partial charge in [0.1, 0.15) is 0 Å². The van der Waals surface area contributed by atoms with E-state index in [4.69, 9.17) is 0 Å². The summed E-state index contributed by atoms with van der Waals surface area (Å²) in [5.74, 6) is -0.00352. The van der Waals surface area contributed by atoms with Gasteiger partial charge < -0.3 is 5.11 Å². The molecule has 0 saturated heterocycles. The molecule has 2 nitrogen and oxygen atoms in total. The van der Waals surface area contributed by atoms with Gasteiger partial charge in [0.05, 0.1) is 5.52 Å². The molecule has 0 unspecified atom stereocenters. The van der Waals surface area contributed by atoms with Gasteiger partial charge in [-0.25, -0.2) is 0 Å². The van der Waals surface area contributed by atoms with E-state index in [2.05, 4.69) is 4.98 Å². The Morgan fingerprint density at radius 2 is 1.92 bits per heavy atom. The summed E-state index contributed by atoms with van der Waals surface area (Å²) in [6.45, 7) is 1.88. The van der Waals surface area contributed by atoms with Crippen molar-refractivity contribution in [1.82, 2.24) is 4.98 Å². The third-order valence-electron chi connectivity index (χ3n) is 1.82. The Labute approximate surface area is 119 Å². The van der Waals surface area contributed by atoms with Crippen molar-refractivity contribution >= 4 is 10.9 Å². The normalized spacial score (nSPS) is 9.62. The molecular weight excluding hydrogens is 189 g/mol. The minimum absolute atomic E-state index is 0. The molecule has 13 heavy (non-hydrogen) atoms. The molecule has 0 atom stereocenters. The monoisotopic (exact) mass is 197 g/mol. The molecule has 1 aromatic heterocycles. The Kier molecular flexibility index (Phi) is 3.88. The molecule has 3 heteroatoms. The number of hydrogen-bond donors (Lipinski definition) is 0. The van der Waals surface area contributed by atoms with Crippen molar-refractivity contribution in [3.63, 3.8) is 0 Å². The van der Waals surface area contributed by atoms with Crippen molar-refractivity contribution in [2.75, 3.05) is 0 Å². The number of benzene rings is 1. The number of para-hydroxylation sites is 1. The minimum Gasteiger partial charge on any atom is -0.871 e. The standard InChI is InChI=1S/C10H9NO.K/c1-7-5-6-8-3-2-4-9(12)10(8)11-7;/h2-6,12H,1H3;/q;+1/p-1. The van der Waals surface area contributed by atoms with Crippen molar-refractivity contribution in [3.8, 4) is 5.75 Å². The topological polar surface area (TPSA) is 36.0 Å². The van der Waals surface area contributed by atoms with Gasteiger partial charge in [0.15, 0.2) is 0 Å². The van der Waals surface area contributed by atoms with Crippen LogP contribution in [0.3, 0.4) is 0 Å². The van der Waals surface area contributed by atoms with Gasteiger partial charge in [-0.1, -0.05) is 30.0 Å². The first-order chi connectivity index (χ1) is 5.77. The molecule has 0 fully saturated rings. The van der Waals surface area contributed by atoms with Crippen LogP contribution >= 0.6 is 0 Å². The molecule has 0 amide bonds. The zero-order valence-corrected chi connectivity index (χ0v) is 10.9. The zero-order valence-electron chi connectivity index (χ0n) is 7.74. The van der Waals surface area contributed by atoms with E-state index in [-0.39, 0.29) is 57.1 Å². The van der Waals surface area contributed by atoms with Crippen LogP contribution < -0.4 is 56.5 Å². The first kappa shape index (κ1) is 11.1. The zero-order chi connectivity index (χ0) is 8.55. The van der Waals surface area contributed by atoms with E-state index in [1.807, 2.05) is 25.1 Å². The summed E-state index contributed by atoms with van der Waals surface area (Å²) in [6, 6.07) is 9.00. The van der Waals surface area contributed by atoms with Crippen molar-refractivity contribution < 1.29 is 56.5 Å². The summed E-state index contributed by atoms with van der Waals surface area (Å²) in [6.07, 6.45) is 0. The smallest absolute Gasteiger partial charge is 0.871 e. The maximum absolute atomic E-state index is 11.3. The number of pyridine rings is 1. The summed E-state index contributed by atoms with van der Waals surface area (Å²) >= 11 is 0. The maximum Gasteiger partial charge on any atom is 1.00 e. The first-order valence-corrected chi connectivity index (χ1v) is 3.81. The molecule has 0 radical (unpaired) electrons. The average Bonchev–Trinajstić information content (AvgIpc) is 2.07. The van der Waals surface area contributed by atoms with Crippen molar-refractivity contribution in [2.24, 2.45) is 0 Å². The summed E-state index contributed by atoms with van der Waals surface area (Å²) in [7, 11) is 0. The van der Waals surface area contributed by atoms with Crippen LogP contribution in [0.2, 0.25) is 0 Å². The van der Waals surface area contributed by atoms with Crippen LogP contribution in [-0.2, 0) is 0 Å². The van der Waals surface area contributed by atoms with Gasteiger partial charge in [0.2, 0.25) is 0 Å². The Hall–Kier alpha value is 0.0664. The summed E-state index contributed by atoms with van der Waals surface area (Å²) in [5.41, 5.74) is 1.45. The number of fused-ring (bicyclic) bond motifs is 1. The SMILES string of the molecule is Cc1ccc2cccc([O-])c2n1.[K+]. The molecule has 0 aliphatic carbocycles. The van der Waals surface area contributed by atoms with E-state index in [9.17, 15) is 5.11 Å². The Morgan fingerprint density at radius 3 is 2.69 bits per heavy atom. The number of aromatic nitrogens is 1. The third kappa shape index (κ3) is 2.30. The summed E-state index contributed by atoms with van der Waals surface area (Å²) in [4.78, 5) is 4.16. The van der Waals surface area contributed by atoms with Gasteiger partial charge in [0, 0.05) is 5.69 Å².